The van der Waals surface area contributed by atoms with Gasteiger partial charge < -0.3 is 15.5 Å². The molecule has 0 bridgehead atoms. The molecular weight excluding hydrogens is 322 g/mol. The van der Waals surface area contributed by atoms with Gasteiger partial charge in [0.2, 0.25) is 11.8 Å². The molecular formula is C18H25N3O2S. The van der Waals surface area contributed by atoms with Gasteiger partial charge in [-0.2, -0.15) is 0 Å². The number of thioether (sulfide) groups is 1. The minimum atomic E-state index is -0.240. The van der Waals surface area contributed by atoms with Gasteiger partial charge in [-0.1, -0.05) is 13.0 Å². The lowest BCUT2D eigenvalue weighted by Crippen LogP contribution is -2.38. The first-order chi connectivity index (χ1) is 11.5. The van der Waals surface area contributed by atoms with Gasteiger partial charge in [0.25, 0.3) is 0 Å². The maximum Gasteiger partial charge on any atom is 0.228 e. The molecule has 2 unspecified atom stereocenters. The zero-order valence-electron chi connectivity index (χ0n) is 14.3. The van der Waals surface area contributed by atoms with Gasteiger partial charge in [-0.15, -0.1) is 11.8 Å². The van der Waals surface area contributed by atoms with E-state index in [0.717, 1.165) is 23.5 Å². The first-order valence-electron chi connectivity index (χ1n) is 8.39. The predicted octanol–water partition coefficient (Wildman–Crippen LogP) is 1.96. The van der Waals surface area contributed by atoms with Crippen LogP contribution in [0.1, 0.15) is 19.8 Å². The average molecular weight is 347 g/mol. The van der Waals surface area contributed by atoms with E-state index < -0.39 is 0 Å². The van der Waals surface area contributed by atoms with E-state index >= 15 is 0 Å². The summed E-state index contributed by atoms with van der Waals surface area (Å²) in [5.41, 5.74) is 6.73. The molecule has 2 aliphatic rings. The number of nitrogens with two attached hydrogens (primary N) is 1. The van der Waals surface area contributed by atoms with Crippen LogP contribution in [0.4, 0.5) is 5.69 Å². The quantitative estimate of drug-likeness (QED) is 0.846. The normalized spacial score (nSPS) is 27.1. The third-order valence-electron chi connectivity index (χ3n) is 5.20. The molecule has 0 spiro atoms. The summed E-state index contributed by atoms with van der Waals surface area (Å²) in [6.45, 7) is 4.65. The first kappa shape index (κ1) is 17.3. The number of amides is 2. The Bertz CT molecular complexity index is 651. The van der Waals surface area contributed by atoms with Crippen LogP contribution in [0.5, 0.6) is 0 Å². The number of rotatable bonds is 4. The SMILES string of the molecule is CSc1cccc(N2CC(C(=O)N3CCC(C)(CN)C3)CC2=O)c1. The molecule has 0 aliphatic carbocycles. The van der Waals surface area contributed by atoms with E-state index in [-0.39, 0.29) is 23.1 Å². The molecule has 130 valence electrons. The molecule has 3 rings (SSSR count). The molecule has 1 aromatic rings. The fraction of sp³-hybridized carbons (Fsp3) is 0.556. The van der Waals surface area contributed by atoms with E-state index in [1.54, 1.807) is 16.7 Å². The number of hydrogen-bond acceptors (Lipinski definition) is 4. The Morgan fingerprint density at radius 3 is 2.92 bits per heavy atom. The number of benzene rings is 1. The fourth-order valence-corrected chi connectivity index (χ4v) is 3.99. The summed E-state index contributed by atoms with van der Waals surface area (Å²) in [6, 6.07) is 7.93. The summed E-state index contributed by atoms with van der Waals surface area (Å²) in [7, 11) is 0. The first-order valence-corrected chi connectivity index (χ1v) is 9.61. The van der Waals surface area contributed by atoms with Crippen LogP contribution in [0.15, 0.2) is 29.2 Å². The molecule has 2 fully saturated rings. The standard InChI is InChI=1S/C18H25N3O2S/c1-18(11-19)6-7-20(12-18)17(23)13-8-16(22)21(10-13)14-4-3-5-15(9-14)24-2/h3-5,9,13H,6-8,10-12,19H2,1-2H3. The van der Waals surface area contributed by atoms with E-state index in [0.29, 0.717) is 26.1 Å². The molecule has 2 aliphatic heterocycles. The Balaban J connectivity index is 1.69. The largest absolute Gasteiger partial charge is 0.342 e. The predicted molar refractivity (Wildman–Crippen MR) is 97.0 cm³/mol. The summed E-state index contributed by atoms with van der Waals surface area (Å²) in [6.07, 6.45) is 3.26. The molecule has 2 amide bonds. The topological polar surface area (TPSA) is 66.6 Å². The van der Waals surface area contributed by atoms with Gasteiger partial charge >= 0.3 is 0 Å². The number of carbonyl (C=O) groups excluding carboxylic acids is 2. The Labute approximate surface area is 147 Å². The van der Waals surface area contributed by atoms with Crippen LogP contribution in [0, 0.1) is 11.3 Å². The van der Waals surface area contributed by atoms with Crippen molar-refractivity contribution in [3.05, 3.63) is 24.3 Å². The minimum absolute atomic E-state index is 0.0185. The molecule has 2 heterocycles. The van der Waals surface area contributed by atoms with E-state index in [4.69, 9.17) is 5.73 Å². The third kappa shape index (κ3) is 3.30. The van der Waals surface area contributed by atoms with Crippen LogP contribution in [0.2, 0.25) is 0 Å². The maximum atomic E-state index is 12.8. The van der Waals surface area contributed by atoms with Gasteiger partial charge in [0.1, 0.15) is 0 Å². The summed E-state index contributed by atoms with van der Waals surface area (Å²) >= 11 is 1.65. The molecule has 2 saturated heterocycles. The number of anilines is 1. The van der Waals surface area contributed by atoms with Crippen molar-refractivity contribution in [2.45, 2.75) is 24.7 Å². The van der Waals surface area contributed by atoms with Crippen LogP contribution in [-0.4, -0.2) is 49.1 Å². The second kappa shape index (κ2) is 6.76. The molecule has 0 saturated carbocycles. The smallest absolute Gasteiger partial charge is 0.228 e. The van der Waals surface area contributed by atoms with Gasteiger partial charge in [-0.25, -0.2) is 0 Å². The Morgan fingerprint density at radius 1 is 1.46 bits per heavy atom. The molecule has 6 heteroatoms. The van der Waals surface area contributed by atoms with Crippen molar-refractivity contribution in [3.63, 3.8) is 0 Å². The van der Waals surface area contributed by atoms with Gasteiger partial charge in [-0.3, -0.25) is 9.59 Å². The number of likely N-dealkylation sites (tertiary alicyclic amines) is 1. The van der Waals surface area contributed by atoms with E-state index in [2.05, 4.69) is 6.92 Å². The summed E-state index contributed by atoms with van der Waals surface area (Å²) < 4.78 is 0. The van der Waals surface area contributed by atoms with Crippen molar-refractivity contribution in [2.24, 2.45) is 17.1 Å². The fourth-order valence-electron chi connectivity index (χ4n) is 3.54. The zero-order valence-corrected chi connectivity index (χ0v) is 15.1. The van der Waals surface area contributed by atoms with Crippen molar-refractivity contribution < 1.29 is 9.59 Å². The molecule has 2 N–H and O–H groups in total. The molecule has 5 nitrogen and oxygen atoms in total. The van der Waals surface area contributed by atoms with Crippen molar-refractivity contribution >= 4 is 29.3 Å². The molecule has 24 heavy (non-hydrogen) atoms. The highest BCUT2D eigenvalue weighted by Crippen LogP contribution is 2.33. The number of carbonyl (C=O) groups is 2. The van der Waals surface area contributed by atoms with Crippen LogP contribution in [0.25, 0.3) is 0 Å². The monoisotopic (exact) mass is 347 g/mol. The molecule has 1 aromatic carbocycles. The second-order valence-electron chi connectivity index (χ2n) is 7.13. The highest BCUT2D eigenvalue weighted by Gasteiger charge is 2.41. The Morgan fingerprint density at radius 2 is 2.25 bits per heavy atom. The van der Waals surface area contributed by atoms with Crippen molar-refractivity contribution in [1.82, 2.24) is 4.90 Å². The number of hydrogen-bond donors (Lipinski definition) is 1. The van der Waals surface area contributed by atoms with Crippen molar-refractivity contribution in [2.75, 3.05) is 37.3 Å². The highest BCUT2D eigenvalue weighted by molar-refractivity contribution is 7.98. The van der Waals surface area contributed by atoms with Gasteiger partial charge in [0, 0.05) is 36.6 Å². The lowest BCUT2D eigenvalue weighted by Gasteiger charge is -2.24. The van der Waals surface area contributed by atoms with E-state index in [9.17, 15) is 9.59 Å². The molecule has 0 aromatic heterocycles. The summed E-state index contributed by atoms with van der Waals surface area (Å²) in [4.78, 5) is 30.0. The lowest BCUT2D eigenvalue weighted by molar-refractivity contribution is -0.135. The van der Waals surface area contributed by atoms with Gasteiger partial charge in [0.05, 0.1) is 5.92 Å². The van der Waals surface area contributed by atoms with Crippen molar-refractivity contribution in [3.8, 4) is 0 Å². The van der Waals surface area contributed by atoms with Gasteiger partial charge in [-0.05, 0) is 42.8 Å². The third-order valence-corrected chi connectivity index (χ3v) is 5.93. The molecule has 2 atom stereocenters. The maximum absolute atomic E-state index is 12.8. The number of nitrogens with zero attached hydrogens (tertiary/aromatic N) is 2. The minimum Gasteiger partial charge on any atom is -0.342 e. The Hall–Kier alpha value is -1.53. The Kier molecular flexibility index (Phi) is 4.88. The second-order valence-corrected chi connectivity index (χ2v) is 8.01. The highest BCUT2D eigenvalue weighted by atomic mass is 32.2. The average Bonchev–Trinajstić information content (AvgIpc) is 3.18. The van der Waals surface area contributed by atoms with Gasteiger partial charge in [0.15, 0.2) is 0 Å². The lowest BCUT2D eigenvalue weighted by atomic mass is 9.90. The summed E-state index contributed by atoms with van der Waals surface area (Å²) in [5, 5.41) is 0. The van der Waals surface area contributed by atoms with Crippen LogP contribution in [0.3, 0.4) is 0 Å². The van der Waals surface area contributed by atoms with E-state index in [1.165, 1.54) is 0 Å². The van der Waals surface area contributed by atoms with E-state index in [1.807, 2.05) is 35.4 Å². The molecule has 0 radical (unpaired) electrons. The summed E-state index contributed by atoms with van der Waals surface area (Å²) in [5.74, 6) is -0.105. The zero-order chi connectivity index (χ0) is 17.3. The van der Waals surface area contributed by atoms with Crippen LogP contribution in [-0.2, 0) is 9.59 Å². The van der Waals surface area contributed by atoms with Crippen molar-refractivity contribution in [1.29, 1.82) is 0 Å². The van der Waals surface area contributed by atoms with Crippen LogP contribution < -0.4 is 10.6 Å². The van der Waals surface area contributed by atoms with Crippen LogP contribution >= 0.6 is 11.8 Å².